The van der Waals surface area contributed by atoms with E-state index in [4.69, 9.17) is 32.9 Å². The predicted octanol–water partition coefficient (Wildman–Crippen LogP) is 0.411. The van der Waals surface area contributed by atoms with Gasteiger partial charge in [-0.1, -0.05) is 11.6 Å². The molecular weight excluding hydrogens is 554 g/mol. The molecule has 1 fully saturated rings. The summed E-state index contributed by atoms with van der Waals surface area (Å²) in [5, 5.41) is 33.7. The number of nitrogens with two attached hydrogens (primary N) is 1. The van der Waals surface area contributed by atoms with Crippen LogP contribution in [0.2, 0.25) is 5.02 Å². The second-order valence-electron chi connectivity index (χ2n) is 8.22. The predicted molar refractivity (Wildman–Crippen MR) is 142 cm³/mol. The van der Waals surface area contributed by atoms with Crippen LogP contribution in [0.15, 0.2) is 58.8 Å². The number of alkyl halides is 2. The van der Waals surface area contributed by atoms with Gasteiger partial charge in [0.05, 0.1) is 37.3 Å². The highest BCUT2D eigenvalue weighted by Gasteiger charge is 2.25. The SMILES string of the molecule is N=C(N)/C(C(=O)N/C(=C/NCC(=O)N1CCOC(CO)C1)C(=N)c1cc(Cl)ccc1OC(F)F)=C1/N=CC=CN1. The molecule has 0 spiro atoms. The van der Waals surface area contributed by atoms with Gasteiger partial charge in [0.25, 0.3) is 5.91 Å². The first-order valence-corrected chi connectivity index (χ1v) is 12.1. The van der Waals surface area contributed by atoms with Gasteiger partial charge in [0, 0.05) is 42.3 Å². The molecule has 1 unspecified atom stereocenters. The number of morpholine rings is 1. The van der Waals surface area contributed by atoms with Gasteiger partial charge in [0.15, 0.2) is 0 Å². The van der Waals surface area contributed by atoms with E-state index in [0.29, 0.717) is 6.54 Å². The van der Waals surface area contributed by atoms with E-state index in [1.54, 1.807) is 6.08 Å². The first-order valence-electron chi connectivity index (χ1n) is 11.7. The van der Waals surface area contributed by atoms with Crippen molar-refractivity contribution in [1.29, 1.82) is 10.8 Å². The summed E-state index contributed by atoms with van der Waals surface area (Å²) in [6.07, 6.45) is 4.96. The maximum absolute atomic E-state index is 13.2. The van der Waals surface area contributed by atoms with Gasteiger partial charge in [-0.05, 0) is 24.3 Å². The molecule has 0 bridgehead atoms. The number of amidine groups is 1. The summed E-state index contributed by atoms with van der Waals surface area (Å²) < 4.78 is 35.9. The van der Waals surface area contributed by atoms with E-state index in [-0.39, 0.29) is 59.9 Å². The molecule has 0 saturated carbocycles. The highest BCUT2D eigenvalue weighted by molar-refractivity contribution is 6.31. The van der Waals surface area contributed by atoms with Gasteiger partial charge in [0.1, 0.15) is 23.0 Å². The van der Waals surface area contributed by atoms with Crippen LogP contribution in [-0.4, -0.2) is 85.1 Å². The molecule has 2 amide bonds. The van der Waals surface area contributed by atoms with Crippen molar-refractivity contribution in [1.82, 2.24) is 20.9 Å². The monoisotopic (exact) mass is 580 g/mol. The summed E-state index contributed by atoms with van der Waals surface area (Å²) >= 11 is 6.03. The summed E-state index contributed by atoms with van der Waals surface area (Å²) in [6.45, 7) is -3.02. The fourth-order valence-electron chi connectivity index (χ4n) is 3.62. The van der Waals surface area contributed by atoms with Crippen LogP contribution in [0.4, 0.5) is 8.78 Å². The number of amides is 2. The van der Waals surface area contributed by atoms with Crippen LogP contribution >= 0.6 is 11.6 Å². The molecule has 2 heterocycles. The fraction of sp³-hybridized carbons (Fsp3) is 0.292. The van der Waals surface area contributed by atoms with E-state index in [0.717, 1.165) is 12.3 Å². The highest BCUT2D eigenvalue weighted by Crippen LogP contribution is 2.26. The van der Waals surface area contributed by atoms with Crippen molar-refractivity contribution in [3.8, 4) is 5.75 Å². The number of benzene rings is 1. The minimum Gasteiger partial charge on any atom is -0.434 e. The Labute approximate surface area is 232 Å². The zero-order valence-corrected chi connectivity index (χ0v) is 21.7. The van der Waals surface area contributed by atoms with Gasteiger partial charge in [-0.3, -0.25) is 20.4 Å². The zero-order valence-electron chi connectivity index (χ0n) is 20.9. The Morgan fingerprint density at radius 2 is 2.17 bits per heavy atom. The van der Waals surface area contributed by atoms with E-state index in [1.807, 2.05) is 0 Å². The Kier molecular flexibility index (Phi) is 10.7. The quantitative estimate of drug-likeness (QED) is 0.111. The number of aliphatic hydroxyl groups excluding tert-OH is 1. The molecule has 1 saturated heterocycles. The average Bonchev–Trinajstić information content (AvgIpc) is 2.93. The second-order valence-corrected chi connectivity index (χ2v) is 8.66. The van der Waals surface area contributed by atoms with Crippen LogP contribution in [0.3, 0.4) is 0 Å². The lowest BCUT2D eigenvalue weighted by molar-refractivity contribution is -0.139. The van der Waals surface area contributed by atoms with Gasteiger partial charge in [-0.2, -0.15) is 8.78 Å². The molecule has 1 aromatic rings. The summed E-state index contributed by atoms with van der Waals surface area (Å²) in [6, 6.07) is 3.62. The Morgan fingerprint density at radius 1 is 1.40 bits per heavy atom. The molecule has 3 rings (SSSR count). The van der Waals surface area contributed by atoms with Gasteiger partial charge in [-0.25, -0.2) is 4.99 Å². The lowest BCUT2D eigenvalue weighted by Crippen LogP contribution is -2.49. The topological polar surface area (TPSA) is 198 Å². The van der Waals surface area contributed by atoms with Crippen molar-refractivity contribution in [3.05, 3.63) is 64.4 Å². The van der Waals surface area contributed by atoms with E-state index >= 15 is 0 Å². The van der Waals surface area contributed by atoms with Crippen molar-refractivity contribution >= 4 is 41.2 Å². The van der Waals surface area contributed by atoms with Crippen molar-refractivity contribution in [3.63, 3.8) is 0 Å². The third-order valence-electron chi connectivity index (χ3n) is 5.48. The largest absolute Gasteiger partial charge is 0.434 e. The zero-order chi connectivity index (χ0) is 29.2. The Bertz CT molecular complexity index is 1280. The lowest BCUT2D eigenvalue weighted by Gasteiger charge is -2.32. The highest BCUT2D eigenvalue weighted by atomic mass is 35.5. The molecule has 0 aromatic heterocycles. The van der Waals surface area contributed by atoms with E-state index in [2.05, 4.69) is 25.7 Å². The molecule has 0 aliphatic carbocycles. The Hall–Kier alpha value is -4.34. The molecule has 1 aromatic carbocycles. The van der Waals surface area contributed by atoms with Crippen molar-refractivity contribution < 1.29 is 33.0 Å². The summed E-state index contributed by atoms with van der Waals surface area (Å²) in [5.74, 6) is -2.39. The minimum absolute atomic E-state index is 0.0447. The summed E-state index contributed by atoms with van der Waals surface area (Å²) in [4.78, 5) is 31.3. The number of nitrogens with one attached hydrogen (secondary N) is 5. The average molecular weight is 581 g/mol. The number of hydrogen-bond acceptors (Lipinski definition) is 10. The fourth-order valence-corrected chi connectivity index (χ4v) is 3.80. The Balaban J connectivity index is 1.91. The van der Waals surface area contributed by atoms with Crippen LogP contribution in [0.25, 0.3) is 0 Å². The van der Waals surface area contributed by atoms with Gasteiger partial charge in [0.2, 0.25) is 5.91 Å². The molecule has 1 atom stereocenters. The molecule has 40 heavy (non-hydrogen) atoms. The van der Waals surface area contributed by atoms with E-state index in [1.165, 1.54) is 29.4 Å². The number of allylic oxidation sites excluding steroid dienone is 2. The molecule has 0 radical (unpaired) electrons. The van der Waals surface area contributed by atoms with E-state index in [9.17, 15) is 23.5 Å². The minimum atomic E-state index is -3.21. The van der Waals surface area contributed by atoms with Gasteiger partial charge < -0.3 is 41.2 Å². The summed E-state index contributed by atoms with van der Waals surface area (Å²) in [5.41, 5.74) is 4.26. The smallest absolute Gasteiger partial charge is 0.387 e. The number of aliphatic hydroxyl groups is 1. The van der Waals surface area contributed by atoms with Gasteiger partial charge >= 0.3 is 6.61 Å². The molecule has 214 valence electrons. The third kappa shape index (κ3) is 8.08. The molecule has 2 aliphatic heterocycles. The van der Waals surface area contributed by atoms with Crippen molar-refractivity contribution in [2.45, 2.75) is 12.7 Å². The number of carbonyl (C=O) groups excluding carboxylic acids is 2. The van der Waals surface area contributed by atoms with Crippen LogP contribution in [0.5, 0.6) is 5.75 Å². The summed E-state index contributed by atoms with van der Waals surface area (Å²) in [7, 11) is 0. The number of rotatable bonds is 11. The molecular formula is C24H27ClF2N8O5. The lowest BCUT2D eigenvalue weighted by atomic mass is 10.1. The molecule has 2 aliphatic rings. The Morgan fingerprint density at radius 3 is 2.83 bits per heavy atom. The number of carbonyl (C=O) groups is 2. The number of hydrogen-bond donors (Lipinski definition) is 7. The van der Waals surface area contributed by atoms with Crippen LogP contribution in [-0.2, 0) is 14.3 Å². The first-order chi connectivity index (χ1) is 19.1. The van der Waals surface area contributed by atoms with Crippen LogP contribution < -0.4 is 26.4 Å². The number of nitrogens with zero attached hydrogens (tertiary/aromatic N) is 2. The molecule has 13 nitrogen and oxygen atoms in total. The standard InChI is InChI=1S/C24H27ClF2N8O5/c25-13-2-3-17(40-24(26)27)15(8-13)20(28)16(9-31-10-18(37)35-6-7-39-14(11-35)12-36)34-23(38)19(21(29)30)22-32-4-1-5-33-22/h1-5,8-9,14,24,28,31-32,36H,6-7,10-12H2,(H3,29,30)(H,34,38)/b16-9+,22-19-,28-20?. The van der Waals surface area contributed by atoms with Crippen LogP contribution in [0.1, 0.15) is 5.56 Å². The number of ether oxygens (including phenoxy) is 2. The number of aliphatic imine (C=N–C) groups is 1. The van der Waals surface area contributed by atoms with E-state index < -0.39 is 35.9 Å². The maximum Gasteiger partial charge on any atom is 0.387 e. The van der Waals surface area contributed by atoms with Crippen molar-refractivity contribution in [2.75, 3.05) is 32.8 Å². The second kappa shape index (κ2) is 14.2. The number of halogens is 3. The van der Waals surface area contributed by atoms with Crippen molar-refractivity contribution in [2.24, 2.45) is 10.7 Å². The van der Waals surface area contributed by atoms with Crippen LogP contribution in [0, 0.1) is 10.8 Å². The maximum atomic E-state index is 13.2. The molecule has 8 N–H and O–H groups in total. The van der Waals surface area contributed by atoms with Gasteiger partial charge in [-0.15, -0.1) is 0 Å². The molecule has 16 heteroatoms. The third-order valence-corrected chi connectivity index (χ3v) is 5.71. The first kappa shape index (κ1) is 30.2. The normalized spacial score (nSPS) is 18.2.